The van der Waals surface area contributed by atoms with Crippen molar-refractivity contribution in [2.45, 2.75) is 45.4 Å². The summed E-state index contributed by atoms with van der Waals surface area (Å²) >= 11 is -1.21. The molecular formula is C14H22FNOS. The first-order chi connectivity index (χ1) is 8.23. The van der Waals surface area contributed by atoms with Gasteiger partial charge >= 0.3 is 0 Å². The monoisotopic (exact) mass is 271 g/mol. The second-order valence-electron chi connectivity index (χ2n) is 5.74. The maximum Gasteiger partial charge on any atom is 0.136 e. The fourth-order valence-corrected chi connectivity index (χ4v) is 2.56. The first-order valence-corrected chi connectivity index (χ1v) is 7.31. The lowest BCUT2D eigenvalue weighted by atomic mass is 9.97. The van der Waals surface area contributed by atoms with Gasteiger partial charge in [0.1, 0.15) is 10.6 Å². The zero-order valence-electron chi connectivity index (χ0n) is 11.7. The van der Waals surface area contributed by atoms with E-state index < -0.39 is 11.4 Å². The van der Waals surface area contributed by atoms with E-state index in [-0.39, 0.29) is 22.5 Å². The summed E-state index contributed by atoms with van der Waals surface area (Å²) in [6, 6.07) is 6.40. The van der Waals surface area contributed by atoms with E-state index in [1.54, 1.807) is 18.2 Å². The molecule has 1 aromatic rings. The van der Waals surface area contributed by atoms with Crippen LogP contribution in [0.15, 0.2) is 24.3 Å². The molecule has 0 heterocycles. The van der Waals surface area contributed by atoms with Crippen LogP contribution in [0.4, 0.5) is 4.39 Å². The van der Waals surface area contributed by atoms with Gasteiger partial charge in [-0.1, -0.05) is 32.0 Å². The van der Waals surface area contributed by atoms with Crippen LogP contribution in [0.25, 0.3) is 0 Å². The van der Waals surface area contributed by atoms with Gasteiger partial charge in [0.05, 0.1) is 6.04 Å². The van der Waals surface area contributed by atoms with Gasteiger partial charge in [0, 0.05) is 16.9 Å². The lowest BCUT2D eigenvalue weighted by molar-refractivity contribution is 0.436. The largest absolute Gasteiger partial charge is 0.598 e. The maximum absolute atomic E-state index is 13.8. The Bertz CT molecular complexity index is 390. The second kappa shape index (κ2) is 6.04. The first kappa shape index (κ1) is 15.5. The molecule has 1 aromatic carbocycles. The Kier molecular flexibility index (Phi) is 5.20. The summed E-state index contributed by atoms with van der Waals surface area (Å²) < 4.78 is 28.6. The van der Waals surface area contributed by atoms with E-state index in [0.717, 1.165) is 0 Å². The van der Waals surface area contributed by atoms with Crippen LogP contribution < -0.4 is 4.72 Å². The molecule has 0 saturated heterocycles. The first-order valence-electron chi connectivity index (χ1n) is 6.16. The van der Waals surface area contributed by atoms with Crippen LogP contribution in [-0.2, 0) is 11.4 Å². The Morgan fingerprint density at radius 1 is 1.22 bits per heavy atom. The summed E-state index contributed by atoms with van der Waals surface area (Å²) in [5.41, 5.74) is 0.574. The molecule has 0 saturated carbocycles. The van der Waals surface area contributed by atoms with Crippen molar-refractivity contribution in [3.63, 3.8) is 0 Å². The third-order valence-electron chi connectivity index (χ3n) is 2.70. The van der Waals surface area contributed by atoms with Gasteiger partial charge in [-0.15, -0.1) is 4.72 Å². The van der Waals surface area contributed by atoms with Crippen molar-refractivity contribution in [3.8, 4) is 0 Å². The van der Waals surface area contributed by atoms with Crippen molar-refractivity contribution in [2.24, 2.45) is 5.92 Å². The molecule has 0 aliphatic rings. The Balaban J connectivity index is 2.95. The van der Waals surface area contributed by atoms with Gasteiger partial charge in [0.25, 0.3) is 0 Å². The molecule has 0 spiro atoms. The van der Waals surface area contributed by atoms with Gasteiger partial charge in [0.15, 0.2) is 0 Å². The Morgan fingerprint density at radius 3 is 2.22 bits per heavy atom. The van der Waals surface area contributed by atoms with Crippen LogP contribution in [0.1, 0.15) is 46.2 Å². The number of benzene rings is 1. The number of rotatable bonds is 4. The van der Waals surface area contributed by atoms with Crippen molar-refractivity contribution >= 4 is 11.4 Å². The number of halogens is 1. The number of hydrogen-bond acceptors (Lipinski definition) is 2. The van der Waals surface area contributed by atoms with E-state index in [1.807, 2.05) is 34.6 Å². The highest BCUT2D eigenvalue weighted by atomic mass is 32.2. The molecule has 0 radical (unpaired) electrons. The fourth-order valence-electron chi connectivity index (χ4n) is 1.58. The molecule has 0 bridgehead atoms. The Labute approximate surface area is 112 Å². The van der Waals surface area contributed by atoms with E-state index in [4.69, 9.17) is 0 Å². The topological polar surface area (TPSA) is 35.1 Å². The zero-order valence-corrected chi connectivity index (χ0v) is 12.5. The number of nitrogens with one attached hydrogen (secondary N) is 1. The highest BCUT2D eigenvalue weighted by Crippen LogP contribution is 2.27. The third-order valence-corrected chi connectivity index (χ3v) is 4.28. The van der Waals surface area contributed by atoms with Crippen LogP contribution in [0.3, 0.4) is 0 Å². The highest BCUT2D eigenvalue weighted by molar-refractivity contribution is 7.90. The van der Waals surface area contributed by atoms with E-state index >= 15 is 0 Å². The molecule has 2 nitrogen and oxygen atoms in total. The molecular weight excluding hydrogens is 249 g/mol. The van der Waals surface area contributed by atoms with Gasteiger partial charge in [-0.2, -0.15) is 0 Å². The van der Waals surface area contributed by atoms with Crippen molar-refractivity contribution in [3.05, 3.63) is 35.6 Å². The molecule has 18 heavy (non-hydrogen) atoms. The lowest BCUT2D eigenvalue weighted by Crippen LogP contribution is -2.42. The van der Waals surface area contributed by atoms with E-state index in [1.165, 1.54) is 6.07 Å². The minimum atomic E-state index is -1.21. The van der Waals surface area contributed by atoms with Crippen molar-refractivity contribution < 1.29 is 8.94 Å². The quantitative estimate of drug-likeness (QED) is 0.850. The SMILES string of the molecule is CC(C)[C@H](N[S@+]([O-])C(C)(C)C)c1ccccc1F. The van der Waals surface area contributed by atoms with Gasteiger partial charge in [-0.3, -0.25) is 0 Å². The fraction of sp³-hybridized carbons (Fsp3) is 0.571. The highest BCUT2D eigenvalue weighted by Gasteiger charge is 2.31. The Morgan fingerprint density at radius 2 is 1.78 bits per heavy atom. The summed E-state index contributed by atoms with van der Waals surface area (Å²) in [5, 5.41) is 0. The molecule has 102 valence electrons. The van der Waals surface area contributed by atoms with E-state index in [9.17, 15) is 8.94 Å². The Hall–Kier alpha value is -0.580. The lowest BCUT2D eigenvalue weighted by Gasteiger charge is -2.30. The van der Waals surface area contributed by atoms with E-state index in [0.29, 0.717) is 5.56 Å². The van der Waals surface area contributed by atoms with Crippen LogP contribution in [0, 0.1) is 11.7 Å². The standard InChI is InChI=1S/C14H22FNOS/c1-10(2)13(16-18(17)14(3,4)5)11-8-6-7-9-12(11)15/h6-10,13,16H,1-5H3/t13-,18+/m0/s1. The molecule has 2 atom stereocenters. The summed E-state index contributed by atoms with van der Waals surface area (Å²) in [6.45, 7) is 9.67. The van der Waals surface area contributed by atoms with Crippen LogP contribution in [0.5, 0.6) is 0 Å². The molecule has 4 heteroatoms. The second-order valence-corrected chi connectivity index (χ2v) is 7.74. The third kappa shape index (κ3) is 3.97. The molecule has 1 rings (SSSR count). The van der Waals surface area contributed by atoms with Crippen LogP contribution >= 0.6 is 0 Å². The molecule has 1 N–H and O–H groups in total. The predicted molar refractivity (Wildman–Crippen MR) is 75.0 cm³/mol. The van der Waals surface area contributed by atoms with Crippen LogP contribution in [0.2, 0.25) is 0 Å². The van der Waals surface area contributed by atoms with Crippen molar-refractivity contribution in [1.29, 1.82) is 0 Å². The summed E-state index contributed by atoms with van der Waals surface area (Å²) in [5.74, 6) is -0.0946. The van der Waals surface area contributed by atoms with Gasteiger partial charge in [-0.25, -0.2) is 4.39 Å². The molecule has 0 amide bonds. The van der Waals surface area contributed by atoms with Crippen molar-refractivity contribution in [2.75, 3.05) is 0 Å². The smallest absolute Gasteiger partial charge is 0.136 e. The molecule has 0 unspecified atom stereocenters. The minimum Gasteiger partial charge on any atom is -0.598 e. The minimum absolute atomic E-state index is 0.160. The van der Waals surface area contributed by atoms with Crippen LogP contribution in [-0.4, -0.2) is 9.30 Å². The molecule has 0 aliphatic heterocycles. The van der Waals surface area contributed by atoms with Crippen molar-refractivity contribution in [1.82, 2.24) is 4.72 Å². The molecule has 0 aliphatic carbocycles. The number of hydrogen-bond donors (Lipinski definition) is 1. The summed E-state index contributed by atoms with van der Waals surface area (Å²) in [6.07, 6.45) is 0. The zero-order chi connectivity index (χ0) is 13.9. The summed E-state index contributed by atoms with van der Waals surface area (Å²) in [7, 11) is 0. The average Bonchev–Trinajstić information content (AvgIpc) is 2.25. The maximum atomic E-state index is 13.8. The van der Waals surface area contributed by atoms with Gasteiger partial charge in [0.2, 0.25) is 0 Å². The molecule has 0 fully saturated rings. The van der Waals surface area contributed by atoms with E-state index in [2.05, 4.69) is 4.72 Å². The average molecular weight is 271 g/mol. The molecule has 0 aromatic heterocycles. The normalized spacial score (nSPS) is 15.8. The summed E-state index contributed by atoms with van der Waals surface area (Å²) in [4.78, 5) is 0. The van der Waals surface area contributed by atoms with Gasteiger partial charge in [-0.05, 0) is 32.8 Å². The predicted octanol–water partition coefficient (Wildman–Crippen LogP) is 3.57. The van der Waals surface area contributed by atoms with Gasteiger partial charge < -0.3 is 4.55 Å².